The number of hydrogen-bond donors (Lipinski definition) is 1. The average molecular weight is 281 g/mol. The zero-order chi connectivity index (χ0) is 14.5. The molecule has 0 saturated carbocycles. The maximum Gasteiger partial charge on any atom is 0.338 e. The van der Waals surface area contributed by atoms with Crippen molar-refractivity contribution in [3.05, 3.63) is 70.8 Å². The monoisotopic (exact) mass is 281 g/mol. The number of hydrogen-bond acceptors (Lipinski definition) is 3. The summed E-state index contributed by atoms with van der Waals surface area (Å²) < 4.78 is 5.38. The summed E-state index contributed by atoms with van der Waals surface area (Å²) >= 11 is 0. The van der Waals surface area contributed by atoms with Crippen LogP contribution in [0.15, 0.2) is 48.5 Å². The Kier molecular flexibility index (Phi) is 4.31. The van der Waals surface area contributed by atoms with Crippen molar-refractivity contribution in [2.24, 2.45) is 0 Å². The molecule has 0 aromatic heterocycles. The molecule has 0 aliphatic carbocycles. The van der Waals surface area contributed by atoms with Gasteiger partial charge in [0.1, 0.15) is 6.61 Å². The Morgan fingerprint density at radius 1 is 1.10 bits per heavy atom. The summed E-state index contributed by atoms with van der Waals surface area (Å²) in [6.45, 7) is 2.23. The Morgan fingerprint density at radius 2 is 1.95 bits per heavy atom. The number of aryl methyl sites for hydroxylation is 1. The van der Waals surface area contributed by atoms with E-state index in [2.05, 4.69) is 5.32 Å². The van der Waals surface area contributed by atoms with Crippen molar-refractivity contribution < 1.29 is 9.53 Å². The third-order valence-corrected chi connectivity index (χ3v) is 3.77. The Bertz CT molecular complexity index is 622. The Morgan fingerprint density at radius 3 is 2.81 bits per heavy atom. The van der Waals surface area contributed by atoms with Crippen molar-refractivity contribution in [2.75, 3.05) is 6.54 Å². The molecule has 108 valence electrons. The molecule has 21 heavy (non-hydrogen) atoms. The van der Waals surface area contributed by atoms with Crippen LogP contribution in [0.3, 0.4) is 0 Å². The topological polar surface area (TPSA) is 38.3 Å². The zero-order valence-electron chi connectivity index (χ0n) is 12.0. The first-order valence-electron chi connectivity index (χ1n) is 7.36. The van der Waals surface area contributed by atoms with E-state index in [1.54, 1.807) is 0 Å². The summed E-state index contributed by atoms with van der Waals surface area (Å²) in [6.07, 6.45) is 2.12. The van der Waals surface area contributed by atoms with Crippen LogP contribution in [0.2, 0.25) is 0 Å². The van der Waals surface area contributed by atoms with E-state index in [9.17, 15) is 4.79 Å². The molecule has 0 atom stereocenters. The number of esters is 1. The Labute approximate surface area is 124 Å². The van der Waals surface area contributed by atoms with E-state index in [4.69, 9.17) is 4.74 Å². The predicted octanol–water partition coefficient (Wildman–Crippen LogP) is 3.08. The molecule has 1 N–H and O–H groups in total. The van der Waals surface area contributed by atoms with Gasteiger partial charge in [-0.15, -0.1) is 0 Å². The highest BCUT2D eigenvalue weighted by Crippen LogP contribution is 2.17. The molecule has 0 amide bonds. The van der Waals surface area contributed by atoms with Gasteiger partial charge in [-0.1, -0.05) is 36.4 Å². The zero-order valence-corrected chi connectivity index (χ0v) is 12.0. The molecule has 1 aliphatic rings. The molecule has 0 bridgehead atoms. The molecule has 3 rings (SSSR count). The first-order valence-corrected chi connectivity index (χ1v) is 7.36. The molecule has 1 aliphatic heterocycles. The fourth-order valence-corrected chi connectivity index (χ4v) is 2.59. The number of nitrogens with one attached hydrogen (secondary N) is 1. The van der Waals surface area contributed by atoms with Gasteiger partial charge in [0.2, 0.25) is 0 Å². The van der Waals surface area contributed by atoms with E-state index in [1.807, 2.05) is 48.5 Å². The second kappa shape index (κ2) is 6.55. The third kappa shape index (κ3) is 3.50. The number of carbonyl (C=O) groups excluding carboxylic acids is 1. The van der Waals surface area contributed by atoms with Gasteiger partial charge in [-0.2, -0.15) is 0 Å². The van der Waals surface area contributed by atoms with Gasteiger partial charge in [0, 0.05) is 6.54 Å². The van der Waals surface area contributed by atoms with Crippen molar-refractivity contribution in [1.82, 2.24) is 5.32 Å². The molecule has 3 nitrogen and oxygen atoms in total. The molecule has 0 radical (unpaired) electrons. The second-order valence-electron chi connectivity index (χ2n) is 5.33. The minimum Gasteiger partial charge on any atom is -0.457 e. The van der Waals surface area contributed by atoms with E-state index < -0.39 is 0 Å². The van der Waals surface area contributed by atoms with Gasteiger partial charge in [-0.25, -0.2) is 4.79 Å². The van der Waals surface area contributed by atoms with Crippen molar-refractivity contribution in [1.29, 1.82) is 0 Å². The van der Waals surface area contributed by atoms with Crippen LogP contribution in [0.5, 0.6) is 0 Å². The quantitative estimate of drug-likeness (QED) is 0.879. The smallest absolute Gasteiger partial charge is 0.338 e. The van der Waals surface area contributed by atoms with Crippen LogP contribution < -0.4 is 5.32 Å². The van der Waals surface area contributed by atoms with E-state index in [-0.39, 0.29) is 5.97 Å². The van der Waals surface area contributed by atoms with E-state index >= 15 is 0 Å². The van der Waals surface area contributed by atoms with Crippen molar-refractivity contribution >= 4 is 5.97 Å². The number of benzene rings is 2. The lowest BCUT2D eigenvalue weighted by Crippen LogP contribution is -2.12. The predicted molar refractivity (Wildman–Crippen MR) is 82.0 cm³/mol. The summed E-state index contributed by atoms with van der Waals surface area (Å²) in [7, 11) is 0. The second-order valence-corrected chi connectivity index (χ2v) is 5.33. The molecular weight excluding hydrogens is 262 g/mol. The average Bonchev–Trinajstić information content (AvgIpc) is 2.78. The summed E-state index contributed by atoms with van der Waals surface area (Å²) in [5.74, 6) is -0.251. The van der Waals surface area contributed by atoms with Crippen molar-refractivity contribution in [3.8, 4) is 0 Å². The normalized spacial score (nSPS) is 14.1. The van der Waals surface area contributed by atoms with Crippen LogP contribution in [0.1, 0.15) is 33.5 Å². The molecule has 3 heteroatoms. The van der Waals surface area contributed by atoms with E-state index in [0.717, 1.165) is 31.5 Å². The Balaban J connectivity index is 1.68. The summed E-state index contributed by atoms with van der Waals surface area (Å²) in [4.78, 5) is 12.2. The highest BCUT2D eigenvalue weighted by molar-refractivity contribution is 5.89. The first kappa shape index (κ1) is 13.8. The standard InChI is InChI=1S/C18H19NO2/c20-18(21-13-14-5-2-1-3-6-14)16-8-9-17-12-19-10-4-7-15(17)11-16/h1-3,5-6,8-9,11,19H,4,7,10,12-13H2. The molecular formula is C18H19NO2. The van der Waals surface area contributed by atoms with Crippen LogP contribution in [0.25, 0.3) is 0 Å². The van der Waals surface area contributed by atoms with Gasteiger partial charge in [-0.3, -0.25) is 0 Å². The van der Waals surface area contributed by atoms with E-state index in [1.165, 1.54) is 11.1 Å². The summed E-state index contributed by atoms with van der Waals surface area (Å²) in [5, 5.41) is 3.38. The minimum atomic E-state index is -0.251. The minimum absolute atomic E-state index is 0.251. The SMILES string of the molecule is O=C(OCc1ccccc1)c1ccc2c(c1)CCCNC2. The largest absolute Gasteiger partial charge is 0.457 e. The molecule has 0 fully saturated rings. The first-order chi connectivity index (χ1) is 10.3. The van der Waals surface area contributed by atoms with Crippen LogP contribution in [0, 0.1) is 0 Å². The lowest BCUT2D eigenvalue weighted by molar-refractivity contribution is 0.0472. The van der Waals surface area contributed by atoms with Gasteiger partial charge in [0.15, 0.2) is 0 Å². The number of rotatable bonds is 3. The van der Waals surface area contributed by atoms with Gasteiger partial charge in [-0.05, 0) is 48.2 Å². The molecule has 2 aromatic rings. The fourth-order valence-electron chi connectivity index (χ4n) is 2.59. The highest BCUT2D eigenvalue weighted by atomic mass is 16.5. The number of fused-ring (bicyclic) bond motifs is 1. The lowest BCUT2D eigenvalue weighted by atomic mass is 10.0. The van der Waals surface area contributed by atoms with Gasteiger partial charge >= 0.3 is 5.97 Å². The molecule has 0 saturated heterocycles. The van der Waals surface area contributed by atoms with Gasteiger partial charge in [0.25, 0.3) is 0 Å². The molecule has 1 heterocycles. The number of carbonyl (C=O) groups is 1. The molecule has 0 spiro atoms. The summed E-state index contributed by atoms with van der Waals surface area (Å²) in [5.41, 5.74) is 4.19. The van der Waals surface area contributed by atoms with Crippen LogP contribution in [-0.4, -0.2) is 12.5 Å². The fraction of sp³-hybridized carbons (Fsp3) is 0.278. The lowest BCUT2D eigenvalue weighted by Gasteiger charge is -2.09. The molecule has 0 unspecified atom stereocenters. The van der Waals surface area contributed by atoms with Gasteiger partial charge < -0.3 is 10.1 Å². The number of ether oxygens (including phenoxy) is 1. The van der Waals surface area contributed by atoms with Crippen LogP contribution >= 0.6 is 0 Å². The van der Waals surface area contributed by atoms with Crippen LogP contribution in [0.4, 0.5) is 0 Å². The molecule has 2 aromatic carbocycles. The van der Waals surface area contributed by atoms with Crippen molar-refractivity contribution in [3.63, 3.8) is 0 Å². The van der Waals surface area contributed by atoms with Crippen LogP contribution in [-0.2, 0) is 24.3 Å². The maximum atomic E-state index is 12.2. The third-order valence-electron chi connectivity index (χ3n) is 3.77. The maximum absolute atomic E-state index is 12.2. The van der Waals surface area contributed by atoms with Gasteiger partial charge in [0.05, 0.1) is 5.56 Å². The summed E-state index contributed by atoms with van der Waals surface area (Å²) in [6, 6.07) is 15.6. The highest BCUT2D eigenvalue weighted by Gasteiger charge is 2.12. The van der Waals surface area contributed by atoms with E-state index in [0.29, 0.717) is 12.2 Å². The Hall–Kier alpha value is -2.13. The van der Waals surface area contributed by atoms with Crippen molar-refractivity contribution in [2.45, 2.75) is 26.0 Å².